The van der Waals surface area contributed by atoms with Crippen molar-refractivity contribution in [1.29, 1.82) is 0 Å². The molecule has 106 valence electrons. The van der Waals surface area contributed by atoms with E-state index in [0.717, 1.165) is 23.0 Å². The minimum absolute atomic E-state index is 0.139. The molecule has 0 unspecified atom stereocenters. The van der Waals surface area contributed by atoms with Crippen LogP contribution in [0.25, 0.3) is 10.9 Å². The number of aromatic nitrogens is 1. The van der Waals surface area contributed by atoms with E-state index in [1.54, 1.807) is 6.20 Å². The third-order valence-electron chi connectivity index (χ3n) is 3.54. The Morgan fingerprint density at radius 2 is 2.10 bits per heavy atom. The quantitative estimate of drug-likeness (QED) is 0.641. The van der Waals surface area contributed by atoms with E-state index in [-0.39, 0.29) is 5.91 Å². The van der Waals surface area contributed by atoms with Gasteiger partial charge in [0.05, 0.1) is 5.56 Å². The van der Waals surface area contributed by atoms with E-state index in [2.05, 4.69) is 17.2 Å². The van der Waals surface area contributed by atoms with E-state index >= 15 is 0 Å². The summed E-state index contributed by atoms with van der Waals surface area (Å²) in [6, 6.07) is 13.4. The molecule has 0 aliphatic heterocycles. The molecule has 3 rings (SSSR count). The zero-order valence-corrected chi connectivity index (χ0v) is 11.8. The summed E-state index contributed by atoms with van der Waals surface area (Å²) in [5, 5.41) is 3.76. The van der Waals surface area contributed by atoms with Crippen LogP contribution in [0.3, 0.4) is 0 Å². The number of carbonyl (C=O) groups is 1. The fourth-order valence-corrected chi connectivity index (χ4v) is 2.39. The Bertz CT molecular complexity index is 805. The molecule has 2 aromatic carbocycles. The Balaban J connectivity index is 1.91. The average molecular weight is 279 g/mol. The lowest BCUT2D eigenvalue weighted by Gasteiger charge is -2.06. The maximum Gasteiger partial charge on any atom is 0.257 e. The van der Waals surface area contributed by atoms with E-state index in [9.17, 15) is 4.79 Å². The molecule has 3 aromatic rings. The van der Waals surface area contributed by atoms with Crippen LogP contribution in [0, 0.1) is 0 Å². The van der Waals surface area contributed by atoms with Gasteiger partial charge in [0.1, 0.15) is 0 Å². The molecule has 0 atom stereocenters. The number of rotatable bonds is 3. The Morgan fingerprint density at radius 3 is 2.90 bits per heavy atom. The molecule has 0 aliphatic carbocycles. The van der Waals surface area contributed by atoms with Crippen LogP contribution in [0.2, 0.25) is 0 Å². The van der Waals surface area contributed by atoms with Gasteiger partial charge in [-0.3, -0.25) is 4.79 Å². The standard InChI is InChI=1S/C17H17N3O/c1-2-11-4-3-5-13(8-11)20-17(21)15-10-19-16-7-6-12(18)9-14(15)16/h3-10,19H,2,18H2,1H3,(H,20,21). The number of aromatic amines is 1. The number of amides is 1. The molecule has 0 aliphatic rings. The first-order chi connectivity index (χ1) is 10.2. The van der Waals surface area contributed by atoms with Crippen molar-refractivity contribution < 1.29 is 4.79 Å². The van der Waals surface area contributed by atoms with Gasteiger partial charge in [-0.1, -0.05) is 19.1 Å². The SMILES string of the molecule is CCc1cccc(NC(=O)c2c[nH]c3ccc(N)cc23)c1. The number of nitrogens with two attached hydrogens (primary N) is 1. The van der Waals surface area contributed by atoms with E-state index in [1.807, 2.05) is 42.5 Å². The average Bonchev–Trinajstić information content (AvgIpc) is 2.90. The van der Waals surface area contributed by atoms with Gasteiger partial charge >= 0.3 is 0 Å². The number of H-pyrrole nitrogens is 1. The summed E-state index contributed by atoms with van der Waals surface area (Å²) >= 11 is 0. The topological polar surface area (TPSA) is 70.9 Å². The van der Waals surface area contributed by atoms with Crippen molar-refractivity contribution in [2.24, 2.45) is 0 Å². The maximum atomic E-state index is 12.4. The van der Waals surface area contributed by atoms with Crippen molar-refractivity contribution in [3.8, 4) is 0 Å². The van der Waals surface area contributed by atoms with Crippen LogP contribution in [-0.2, 0) is 6.42 Å². The van der Waals surface area contributed by atoms with Crippen LogP contribution in [0.4, 0.5) is 11.4 Å². The van der Waals surface area contributed by atoms with Crippen LogP contribution in [0.15, 0.2) is 48.7 Å². The molecule has 4 heteroatoms. The molecule has 4 N–H and O–H groups in total. The molecule has 1 aromatic heterocycles. The number of nitrogen functional groups attached to an aromatic ring is 1. The van der Waals surface area contributed by atoms with E-state index in [4.69, 9.17) is 5.73 Å². The predicted octanol–water partition coefficient (Wildman–Crippen LogP) is 3.56. The van der Waals surface area contributed by atoms with Crippen LogP contribution in [-0.4, -0.2) is 10.9 Å². The lowest BCUT2D eigenvalue weighted by atomic mass is 10.1. The van der Waals surface area contributed by atoms with Gasteiger partial charge in [-0.15, -0.1) is 0 Å². The molecule has 0 saturated heterocycles. The highest BCUT2D eigenvalue weighted by molar-refractivity contribution is 6.13. The second-order valence-corrected chi connectivity index (χ2v) is 5.02. The van der Waals surface area contributed by atoms with Gasteiger partial charge in [-0.05, 0) is 42.3 Å². The Labute approximate surface area is 123 Å². The summed E-state index contributed by atoms with van der Waals surface area (Å²) in [5.41, 5.74) is 9.93. The fourth-order valence-electron chi connectivity index (χ4n) is 2.39. The molecule has 0 spiro atoms. The number of hydrogen-bond acceptors (Lipinski definition) is 2. The van der Waals surface area contributed by atoms with Crippen molar-refractivity contribution in [2.75, 3.05) is 11.1 Å². The Kier molecular flexibility index (Phi) is 3.36. The molecule has 0 bridgehead atoms. The van der Waals surface area contributed by atoms with Crippen molar-refractivity contribution in [2.45, 2.75) is 13.3 Å². The normalized spacial score (nSPS) is 10.7. The van der Waals surface area contributed by atoms with Crippen LogP contribution in [0.1, 0.15) is 22.8 Å². The molecular formula is C17H17N3O. The number of aryl methyl sites for hydroxylation is 1. The first kappa shape index (κ1) is 13.2. The molecule has 0 radical (unpaired) electrons. The van der Waals surface area contributed by atoms with E-state index in [0.29, 0.717) is 11.3 Å². The van der Waals surface area contributed by atoms with Crippen molar-refractivity contribution in [1.82, 2.24) is 4.98 Å². The lowest BCUT2D eigenvalue weighted by Crippen LogP contribution is -2.11. The minimum atomic E-state index is -0.139. The monoisotopic (exact) mass is 279 g/mol. The lowest BCUT2D eigenvalue weighted by molar-refractivity contribution is 0.102. The van der Waals surface area contributed by atoms with Gasteiger partial charge in [0.2, 0.25) is 0 Å². The molecular weight excluding hydrogens is 262 g/mol. The number of fused-ring (bicyclic) bond motifs is 1. The second-order valence-electron chi connectivity index (χ2n) is 5.02. The summed E-state index contributed by atoms with van der Waals surface area (Å²) in [4.78, 5) is 15.5. The Morgan fingerprint density at radius 1 is 1.24 bits per heavy atom. The van der Waals surface area contributed by atoms with E-state index < -0.39 is 0 Å². The summed E-state index contributed by atoms with van der Waals surface area (Å²) in [6.45, 7) is 2.09. The highest BCUT2D eigenvalue weighted by Gasteiger charge is 2.12. The smallest absolute Gasteiger partial charge is 0.257 e. The minimum Gasteiger partial charge on any atom is -0.399 e. The third kappa shape index (κ3) is 2.60. The molecule has 0 saturated carbocycles. The van der Waals surface area contributed by atoms with Gasteiger partial charge in [0.25, 0.3) is 5.91 Å². The molecule has 1 heterocycles. The number of benzene rings is 2. The number of anilines is 2. The van der Waals surface area contributed by atoms with Crippen molar-refractivity contribution in [3.05, 3.63) is 59.8 Å². The third-order valence-corrected chi connectivity index (χ3v) is 3.54. The Hall–Kier alpha value is -2.75. The van der Waals surface area contributed by atoms with E-state index in [1.165, 1.54) is 5.56 Å². The summed E-state index contributed by atoms with van der Waals surface area (Å²) < 4.78 is 0. The number of carbonyl (C=O) groups excluding carboxylic acids is 1. The van der Waals surface area contributed by atoms with Gasteiger partial charge in [0.15, 0.2) is 0 Å². The van der Waals surface area contributed by atoms with Crippen LogP contribution in [0.5, 0.6) is 0 Å². The maximum absolute atomic E-state index is 12.4. The molecule has 4 nitrogen and oxygen atoms in total. The van der Waals surface area contributed by atoms with Crippen LogP contribution < -0.4 is 11.1 Å². The predicted molar refractivity (Wildman–Crippen MR) is 86.5 cm³/mol. The number of hydrogen-bond donors (Lipinski definition) is 3. The van der Waals surface area contributed by atoms with Gasteiger partial charge in [-0.2, -0.15) is 0 Å². The molecule has 1 amide bonds. The highest BCUT2D eigenvalue weighted by Crippen LogP contribution is 2.22. The molecule has 21 heavy (non-hydrogen) atoms. The van der Waals surface area contributed by atoms with Gasteiger partial charge < -0.3 is 16.0 Å². The van der Waals surface area contributed by atoms with Crippen molar-refractivity contribution in [3.63, 3.8) is 0 Å². The molecule has 0 fully saturated rings. The summed E-state index contributed by atoms with van der Waals surface area (Å²) in [7, 11) is 0. The second kappa shape index (κ2) is 5.32. The summed E-state index contributed by atoms with van der Waals surface area (Å²) in [6.07, 6.45) is 2.65. The zero-order valence-electron chi connectivity index (χ0n) is 11.8. The van der Waals surface area contributed by atoms with Gasteiger partial charge in [-0.25, -0.2) is 0 Å². The van der Waals surface area contributed by atoms with Crippen molar-refractivity contribution >= 4 is 28.2 Å². The number of nitrogens with one attached hydrogen (secondary N) is 2. The highest BCUT2D eigenvalue weighted by atomic mass is 16.1. The fraction of sp³-hybridized carbons (Fsp3) is 0.118. The largest absolute Gasteiger partial charge is 0.399 e. The summed E-state index contributed by atoms with van der Waals surface area (Å²) in [5.74, 6) is -0.139. The van der Waals surface area contributed by atoms with Crippen LogP contribution >= 0.6 is 0 Å². The van der Waals surface area contributed by atoms with Gasteiger partial charge in [0, 0.05) is 28.5 Å². The zero-order chi connectivity index (χ0) is 14.8. The first-order valence-corrected chi connectivity index (χ1v) is 6.94. The first-order valence-electron chi connectivity index (χ1n) is 6.94.